The largest absolute Gasteiger partial charge is 0.478 e. The molecule has 2 aromatic carbocycles. The van der Waals surface area contributed by atoms with Crippen molar-refractivity contribution >= 4 is 39.8 Å². The van der Waals surface area contributed by atoms with Gasteiger partial charge < -0.3 is 10.4 Å². The summed E-state index contributed by atoms with van der Waals surface area (Å²) in [6.07, 6.45) is 0. The number of amides is 1. The van der Waals surface area contributed by atoms with Crippen molar-refractivity contribution in [2.24, 2.45) is 0 Å². The monoisotopic (exact) mass is 388 g/mol. The van der Waals surface area contributed by atoms with E-state index in [-0.39, 0.29) is 16.9 Å². The first-order chi connectivity index (χ1) is 13.5. The molecule has 4 rings (SSSR count). The highest BCUT2D eigenvalue weighted by molar-refractivity contribution is 7.14. The summed E-state index contributed by atoms with van der Waals surface area (Å²) in [5.41, 5.74) is 3.19. The zero-order valence-corrected chi connectivity index (χ0v) is 15.8. The Hall–Kier alpha value is -3.51. The maximum absolute atomic E-state index is 12.7. The van der Waals surface area contributed by atoms with E-state index in [1.165, 1.54) is 11.3 Å². The minimum Gasteiger partial charge on any atom is -0.478 e. The number of carboxylic acids is 1. The van der Waals surface area contributed by atoms with Crippen LogP contribution < -0.4 is 5.32 Å². The fourth-order valence-corrected chi connectivity index (χ4v) is 3.96. The fourth-order valence-electron chi connectivity index (χ4n) is 2.96. The Morgan fingerprint density at radius 2 is 1.75 bits per heavy atom. The molecule has 0 fully saturated rings. The number of thiophene rings is 1. The van der Waals surface area contributed by atoms with E-state index in [0.29, 0.717) is 10.4 Å². The summed E-state index contributed by atoms with van der Waals surface area (Å²) in [7, 11) is 0. The Bertz CT molecular complexity index is 1200. The molecule has 0 saturated heterocycles. The number of anilines is 1. The number of aryl methyl sites for hydroxylation is 1. The maximum Gasteiger partial charge on any atom is 0.339 e. The molecule has 1 amide bonds. The Kier molecular flexibility index (Phi) is 4.63. The van der Waals surface area contributed by atoms with Crippen molar-refractivity contribution in [3.8, 4) is 10.4 Å². The van der Waals surface area contributed by atoms with E-state index in [0.717, 1.165) is 16.5 Å². The third kappa shape index (κ3) is 3.37. The van der Waals surface area contributed by atoms with E-state index >= 15 is 0 Å². The second-order valence-electron chi connectivity index (χ2n) is 6.37. The zero-order valence-electron chi connectivity index (χ0n) is 15.0. The molecular formula is C22H16N2O3S. The van der Waals surface area contributed by atoms with E-state index < -0.39 is 11.9 Å². The van der Waals surface area contributed by atoms with Crippen LogP contribution in [-0.2, 0) is 0 Å². The molecule has 4 aromatic rings. The number of hydrogen-bond acceptors (Lipinski definition) is 4. The number of carbonyl (C=O) groups excluding carboxylic acids is 1. The molecule has 28 heavy (non-hydrogen) atoms. The van der Waals surface area contributed by atoms with Crippen LogP contribution in [0.1, 0.15) is 26.4 Å². The molecule has 0 aliphatic carbocycles. The number of carboxylic acid groups (broad SMARTS) is 1. The Morgan fingerprint density at radius 1 is 1.00 bits per heavy atom. The summed E-state index contributed by atoms with van der Waals surface area (Å²) in [6, 6.07) is 18.6. The highest BCUT2D eigenvalue weighted by Gasteiger charge is 2.22. The van der Waals surface area contributed by atoms with Crippen LogP contribution in [0.5, 0.6) is 0 Å². The SMILES string of the molecule is Cc1ccc(-c2scc(NC(=O)c3ccc4ccccc4n3)c2C(=O)O)cc1. The normalized spacial score (nSPS) is 10.8. The first kappa shape index (κ1) is 17.9. The van der Waals surface area contributed by atoms with Crippen LogP contribution in [-0.4, -0.2) is 22.0 Å². The molecule has 2 N–H and O–H groups in total. The highest BCUT2D eigenvalue weighted by Crippen LogP contribution is 2.36. The van der Waals surface area contributed by atoms with Gasteiger partial charge in [-0.15, -0.1) is 11.3 Å². The molecule has 0 saturated carbocycles. The molecule has 138 valence electrons. The first-order valence-corrected chi connectivity index (χ1v) is 9.50. The third-order valence-electron chi connectivity index (χ3n) is 4.40. The predicted octanol–water partition coefficient (Wildman–Crippen LogP) is 5.22. The minimum atomic E-state index is -1.08. The lowest BCUT2D eigenvalue weighted by Crippen LogP contribution is -2.15. The number of aromatic carboxylic acids is 1. The summed E-state index contributed by atoms with van der Waals surface area (Å²) in [5, 5.41) is 15.0. The topological polar surface area (TPSA) is 79.3 Å². The molecule has 5 nitrogen and oxygen atoms in total. The van der Waals surface area contributed by atoms with Gasteiger partial charge in [-0.25, -0.2) is 9.78 Å². The molecule has 0 unspecified atom stereocenters. The number of aromatic nitrogens is 1. The van der Waals surface area contributed by atoms with Gasteiger partial charge in [0.15, 0.2) is 0 Å². The van der Waals surface area contributed by atoms with Gasteiger partial charge in [-0.2, -0.15) is 0 Å². The van der Waals surface area contributed by atoms with Crippen LogP contribution >= 0.6 is 11.3 Å². The van der Waals surface area contributed by atoms with Crippen molar-refractivity contribution in [2.45, 2.75) is 6.92 Å². The number of pyridine rings is 1. The van der Waals surface area contributed by atoms with Gasteiger partial charge in [-0.3, -0.25) is 4.79 Å². The number of hydrogen-bond donors (Lipinski definition) is 2. The smallest absolute Gasteiger partial charge is 0.339 e. The molecule has 0 aliphatic rings. The molecule has 0 spiro atoms. The highest BCUT2D eigenvalue weighted by atomic mass is 32.1. The van der Waals surface area contributed by atoms with Crippen molar-refractivity contribution < 1.29 is 14.7 Å². The van der Waals surface area contributed by atoms with Gasteiger partial charge in [-0.1, -0.05) is 54.1 Å². The van der Waals surface area contributed by atoms with Crippen molar-refractivity contribution in [1.29, 1.82) is 0 Å². The van der Waals surface area contributed by atoms with E-state index in [1.54, 1.807) is 11.4 Å². The Balaban J connectivity index is 1.68. The van der Waals surface area contributed by atoms with E-state index in [2.05, 4.69) is 10.3 Å². The lowest BCUT2D eigenvalue weighted by atomic mass is 10.1. The zero-order chi connectivity index (χ0) is 19.7. The average Bonchev–Trinajstić information content (AvgIpc) is 3.12. The van der Waals surface area contributed by atoms with E-state index in [1.807, 2.05) is 61.5 Å². The van der Waals surface area contributed by atoms with Gasteiger partial charge in [0, 0.05) is 10.8 Å². The number of para-hydroxylation sites is 1. The van der Waals surface area contributed by atoms with Crippen LogP contribution in [0.2, 0.25) is 0 Å². The van der Waals surface area contributed by atoms with Crippen molar-refractivity contribution in [3.05, 3.63) is 82.9 Å². The van der Waals surface area contributed by atoms with E-state index in [4.69, 9.17) is 0 Å². The van der Waals surface area contributed by atoms with Gasteiger partial charge in [0.25, 0.3) is 5.91 Å². The molecule has 0 radical (unpaired) electrons. The fraction of sp³-hybridized carbons (Fsp3) is 0.0455. The van der Waals surface area contributed by atoms with Gasteiger partial charge >= 0.3 is 5.97 Å². The van der Waals surface area contributed by atoms with Gasteiger partial charge in [0.05, 0.1) is 16.1 Å². The molecular weight excluding hydrogens is 372 g/mol. The number of carbonyl (C=O) groups is 2. The van der Waals surface area contributed by atoms with Gasteiger partial charge in [0.2, 0.25) is 0 Å². The number of benzene rings is 2. The second kappa shape index (κ2) is 7.25. The lowest BCUT2D eigenvalue weighted by Gasteiger charge is -2.07. The molecule has 2 aromatic heterocycles. The molecule has 2 heterocycles. The van der Waals surface area contributed by atoms with Gasteiger partial charge in [0.1, 0.15) is 11.3 Å². The lowest BCUT2D eigenvalue weighted by molar-refractivity contribution is 0.0699. The van der Waals surface area contributed by atoms with Crippen LogP contribution in [0, 0.1) is 6.92 Å². The number of rotatable bonds is 4. The minimum absolute atomic E-state index is 0.0861. The standard InChI is InChI=1S/C22H16N2O3S/c1-13-6-8-15(9-7-13)20-19(22(26)27)18(12-28-20)24-21(25)17-11-10-14-4-2-3-5-16(14)23-17/h2-12H,1H3,(H,24,25)(H,26,27). The van der Waals surface area contributed by atoms with Crippen LogP contribution in [0.3, 0.4) is 0 Å². The summed E-state index contributed by atoms with van der Waals surface area (Å²) in [5.74, 6) is -1.53. The number of fused-ring (bicyclic) bond motifs is 1. The van der Waals surface area contributed by atoms with Crippen LogP contribution in [0.4, 0.5) is 5.69 Å². The van der Waals surface area contributed by atoms with Crippen molar-refractivity contribution in [1.82, 2.24) is 4.98 Å². The van der Waals surface area contributed by atoms with E-state index in [9.17, 15) is 14.7 Å². The quantitative estimate of drug-likeness (QED) is 0.502. The van der Waals surface area contributed by atoms with Crippen LogP contribution in [0.25, 0.3) is 21.3 Å². The third-order valence-corrected chi connectivity index (χ3v) is 5.43. The summed E-state index contributed by atoms with van der Waals surface area (Å²) in [6.45, 7) is 1.97. The average molecular weight is 388 g/mol. The molecule has 0 aliphatic heterocycles. The molecule has 6 heteroatoms. The second-order valence-corrected chi connectivity index (χ2v) is 7.25. The number of nitrogens with zero attached hydrogens (tertiary/aromatic N) is 1. The van der Waals surface area contributed by atoms with Crippen molar-refractivity contribution in [3.63, 3.8) is 0 Å². The first-order valence-electron chi connectivity index (χ1n) is 8.62. The summed E-state index contributed by atoms with van der Waals surface area (Å²) >= 11 is 1.29. The van der Waals surface area contributed by atoms with Crippen molar-refractivity contribution in [2.75, 3.05) is 5.32 Å². The predicted molar refractivity (Wildman–Crippen MR) is 111 cm³/mol. The maximum atomic E-state index is 12.7. The Labute approximate surface area is 165 Å². The van der Waals surface area contributed by atoms with Crippen LogP contribution in [0.15, 0.2) is 66.0 Å². The summed E-state index contributed by atoms with van der Waals surface area (Å²) in [4.78, 5) is 29.5. The molecule has 0 atom stereocenters. The molecule has 0 bridgehead atoms. The van der Waals surface area contributed by atoms with Gasteiger partial charge in [-0.05, 0) is 24.6 Å². The summed E-state index contributed by atoms with van der Waals surface area (Å²) < 4.78 is 0. The Morgan fingerprint density at radius 3 is 2.50 bits per heavy atom. The number of nitrogens with one attached hydrogen (secondary N) is 1.